The number of likely N-dealkylation sites (tertiary alicyclic amines) is 2. The minimum atomic E-state index is -3.77. The second kappa shape index (κ2) is 13.5. The molecule has 2 fully saturated rings. The molecule has 0 spiro atoms. The van der Waals surface area contributed by atoms with Crippen LogP contribution in [0.1, 0.15) is 49.7 Å². The number of hydrogen-bond acceptors (Lipinski definition) is 6. The summed E-state index contributed by atoms with van der Waals surface area (Å²) in [6, 6.07) is 14.0. The van der Waals surface area contributed by atoms with Crippen LogP contribution in [-0.4, -0.2) is 87.5 Å². The molecule has 9 heteroatoms. The van der Waals surface area contributed by atoms with Crippen LogP contribution in [0.2, 0.25) is 0 Å². The second-order valence-electron chi connectivity index (χ2n) is 11.4. The summed E-state index contributed by atoms with van der Waals surface area (Å²) in [5, 5.41) is 0. The van der Waals surface area contributed by atoms with Crippen LogP contribution >= 0.6 is 0 Å². The Labute approximate surface area is 239 Å². The molecule has 0 saturated carbocycles. The van der Waals surface area contributed by atoms with E-state index in [9.17, 15) is 13.2 Å². The molecule has 40 heavy (non-hydrogen) atoms. The van der Waals surface area contributed by atoms with E-state index in [-0.39, 0.29) is 30.6 Å². The SMILES string of the molecule is COc1ccc(S(=O)(=O)N2Cc3ccccc3CC2COCC(=O)N2CCC(CCN3CCCCC3)CC2)cc1. The molecule has 2 aromatic carbocycles. The van der Waals surface area contributed by atoms with Gasteiger partial charge >= 0.3 is 0 Å². The molecule has 0 aromatic heterocycles. The lowest BCUT2D eigenvalue weighted by Crippen LogP contribution is -2.47. The Morgan fingerprint density at radius 1 is 0.925 bits per heavy atom. The van der Waals surface area contributed by atoms with Crippen LogP contribution in [0.3, 0.4) is 0 Å². The van der Waals surface area contributed by atoms with Crippen LogP contribution in [-0.2, 0) is 32.5 Å². The van der Waals surface area contributed by atoms with Gasteiger partial charge in [0.25, 0.3) is 0 Å². The van der Waals surface area contributed by atoms with Crippen LogP contribution in [0.5, 0.6) is 5.75 Å². The molecule has 1 unspecified atom stereocenters. The number of nitrogens with zero attached hydrogens (tertiary/aromatic N) is 3. The molecule has 3 heterocycles. The molecule has 3 aliphatic heterocycles. The van der Waals surface area contributed by atoms with Crippen LogP contribution in [0, 0.1) is 5.92 Å². The topological polar surface area (TPSA) is 79.4 Å². The number of rotatable bonds is 10. The van der Waals surface area contributed by atoms with E-state index in [1.54, 1.807) is 31.4 Å². The van der Waals surface area contributed by atoms with Crippen LogP contribution in [0.4, 0.5) is 0 Å². The summed E-state index contributed by atoms with van der Waals surface area (Å²) in [7, 11) is -2.22. The first-order chi connectivity index (χ1) is 19.4. The molecule has 0 N–H and O–H groups in total. The van der Waals surface area contributed by atoms with Gasteiger partial charge in [-0.05, 0) is 99.5 Å². The molecule has 2 saturated heterocycles. The Hall–Kier alpha value is -2.46. The molecule has 3 aliphatic rings. The number of sulfonamides is 1. The van der Waals surface area contributed by atoms with Gasteiger partial charge in [0.1, 0.15) is 12.4 Å². The number of hydrogen-bond donors (Lipinski definition) is 0. The van der Waals surface area contributed by atoms with E-state index in [1.807, 2.05) is 29.2 Å². The number of carbonyl (C=O) groups excluding carboxylic acids is 1. The number of piperidine rings is 2. The number of benzene rings is 2. The molecule has 0 radical (unpaired) electrons. The van der Waals surface area contributed by atoms with Gasteiger partial charge in [-0.3, -0.25) is 4.79 Å². The Bertz CT molecular complexity index is 1220. The zero-order valence-electron chi connectivity index (χ0n) is 23.7. The predicted molar refractivity (Wildman–Crippen MR) is 155 cm³/mol. The van der Waals surface area contributed by atoms with Crippen LogP contribution in [0.15, 0.2) is 53.4 Å². The average molecular weight is 570 g/mol. The Morgan fingerprint density at radius 3 is 2.33 bits per heavy atom. The first kappa shape index (κ1) is 29.0. The highest BCUT2D eigenvalue weighted by molar-refractivity contribution is 7.89. The standard InChI is InChI=1S/C31H43N3O5S/c1-38-29-9-11-30(12-10-29)40(36,37)34-22-27-8-4-3-7-26(27)21-28(34)23-39-24-31(35)33-19-14-25(15-20-33)13-18-32-16-5-2-6-17-32/h3-4,7-12,25,28H,2,5-6,13-24H2,1H3. The largest absolute Gasteiger partial charge is 0.497 e. The maximum absolute atomic E-state index is 13.7. The van der Waals surface area contributed by atoms with Gasteiger partial charge in [-0.25, -0.2) is 8.42 Å². The Morgan fingerprint density at radius 2 is 1.62 bits per heavy atom. The van der Waals surface area contributed by atoms with Crippen molar-refractivity contribution < 1.29 is 22.7 Å². The Balaban J connectivity index is 1.15. The third-order valence-corrected chi connectivity index (χ3v) is 10.7. The minimum Gasteiger partial charge on any atom is -0.497 e. The highest BCUT2D eigenvalue weighted by Gasteiger charge is 2.36. The fourth-order valence-corrected chi connectivity index (χ4v) is 7.85. The molecule has 0 aliphatic carbocycles. The van der Waals surface area contributed by atoms with Crippen molar-refractivity contribution in [1.29, 1.82) is 0 Å². The zero-order valence-corrected chi connectivity index (χ0v) is 24.5. The molecule has 218 valence electrons. The van der Waals surface area contributed by atoms with Crippen molar-refractivity contribution in [2.45, 2.75) is 62.4 Å². The predicted octanol–water partition coefficient (Wildman–Crippen LogP) is 3.94. The minimum absolute atomic E-state index is 0.00440. The number of ether oxygens (including phenoxy) is 2. The van der Waals surface area contributed by atoms with E-state index in [0.717, 1.165) is 37.1 Å². The van der Waals surface area contributed by atoms with E-state index >= 15 is 0 Å². The normalized spacial score (nSPS) is 21.2. The van der Waals surface area contributed by atoms with E-state index in [2.05, 4.69) is 4.90 Å². The highest BCUT2D eigenvalue weighted by Crippen LogP contribution is 2.30. The van der Waals surface area contributed by atoms with Gasteiger partial charge < -0.3 is 19.3 Å². The molecule has 8 nitrogen and oxygen atoms in total. The molecule has 1 amide bonds. The quantitative estimate of drug-likeness (QED) is 0.431. The number of carbonyl (C=O) groups is 1. The van der Waals surface area contributed by atoms with Gasteiger partial charge in [-0.2, -0.15) is 4.31 Å². The first-order valence-electron chi connectivity index (χ1n) is 14.7. The molecule has 0 bridgehead atoms. The van der Waals surface area contributed by atoms with Crippen molar-refractivity contribution in [2.75, 3.05) is 53.0 Å². The van der Waals surface area contributed by atoms with Crippen molar-refractivity contribution in [3.63, 3.8) is 0 Å². The van der Waals surface area contributed by atoms with Crippen LogP contribution < -0.4 is 4.74 Å². The van der Waals surface area contributed by atoms with Gasteiger partial charge in [0, 0.05) is 19.6 Å². The van der Waals surface area contributed by atoms with Gasteiger partial charge in [0.15, 0.2) is 0 Å². The van der Waals surface area contributed by atoms with Crippen LogP contribution in [0.25, 0.3) is 0 Å². The summed E-state index contributed by atoms with van der Waals surface area (Å²) in [5.74, 6) is 1.29. The summed E-state index contributed by atoms with van der Waals surface area (Å²) in [4.78, 5) is 17.7. The molecular weight excluding hydrogens is 526 g/mol. The van der Waals surface area contributed by atoms with E-state index in [1.165, 1.54) is 49.6 Å². The van der Waals surface area contributed by atoms with Gasteiger partial charge in [-0.1, -0.05) is 30.7 Å². The van der Waals surface area contributed by atoms with E-state index < -0.39 is 16.1 Å². The number of methoxy groups -OCH3 is 1. The summed E-state index contributed by atoms with van der Waals surface area (Å²) in [6.45, 7) is 5.64. The summed E-state index contributed by atoms with van der Waals surface area (Å²) < 4.78 is 40.0. The maximum Gasteiger partial charge on any atom is 0.248 e. The maximum atomic E-state index is 13.7. The van der Waals surface area contributed by atoms with E-state index in [0.29, 0.717) is 18.1 Å². The smallest absolute Gasteiger partial charge is 0.248 e. The van der Waals surface area contributed by atoms with Crippen molar-refractivity contribution in [1.82, 2.24) is 14.1 Å². The molecule has 5 rings (SSSR count). The first-order valence-corrected chi connectivity index (χ1v) is 16.2. The third-order valence-electron chi connectivity index (χ3n) is 8.78. The molecular formula is C31H43N3O5S. The van der Waals surface area contributed by atoms with Crippen molar-refractivity contribution in [3.8, 4) is 5.75 Å². The summed E-state index contributed by atoms with van der Waals surface area (Å²) in [6.07, 6.45) is 7.88. The van der Waals surface area contributed by atoms with Crippen molar-refractivity contribution >= 4 is 15.9 Å². The van der Waals surface area contributed by atoms with Gasteiger partial charge in [-0.15, -0.1) is 0 Å². The molecule has 1 atom stereocenters. The fourth-order valence-electron chi connectivity index (χ4n) is 6.26. The summed E-state index contributed by atoms with van der Waals surface area (Å²) in [5.41, 5.74) is 2.12. The third kappa shape index (κ3) is 7.05. The van der Waals surface area contributed by atoms with Crippen molar-refractivity contribution in [2.24, 2.45) is 5.92 Å². The summed E-state index contributed by atoms with van der Waals surface area (Å²) >= 11 is 0. The lowest BCUT2D eigenvalue weighted by atomic mass is 9.93. The fraction of sp³-hybridized carbons (Fsp3) is 0.581. The van der Waals surface area contributed by atoms with Gasteiger partial charge in [0.05, 0.1) is 24.7 Å². The highest BCUT2D eigenvalue weighted by atomic mass is 32.2. The second-order valence-corrected chi connectivity index (χ2v) is 13.3. The number of fused-ring (bicyclic) bond motifs is 1. The van der Waals surface area contributed by atoms with Gasteiger partial charge in [0.2, 0.25) is 15.9 Å². The Kier molecular flexibility index (Phi) is 9.78. The lowest BCUT2D eigenvalue weighted by molar-refractivity contribution is -0.138. The molecule has 2 aromatic rings. The lowest BCUT2D eigenvalue weighted by Gasteiger charge is -2.36. The zero-order chi connectivity index (χ0) is 28.0. The average Bonchev–Trinajstić information content (AvgIpc) is 3.00. The monoisotopic (exact) mass is 569 g/mol. The number of amides is 1. The van der Waals surface area contributed by atoms with Crippen molar-refractivity contribution in [3.05, 3.63) is 59.7 Å². The van der Waals surface area contributed by atoms with E-state index in [4.69, 9.17) is 9.47 Å².